The highest BCUT2D eigenvalue weighted by molar-refractivity contribution is 5.35. The third-order valence-corrected chi connectivity index (χ3v) is 2.85. The third kappa shape index (κ3) is 5.08. The lowest BCUT2D eigenvalue weighted by Crippen LogP contribution is -2.21. The van der Waals surface area contributed by atoms with Crippen molar-refractivity contribution in [3.8, 4) is 17.2 Å². The molecule has 0 fully saturated rings. The Kier molecular flexibility index (Phi) is 5.58. The largest absolute Gasteiger partial charge is 0.494 e. The van der Waals surface area contributed by atoms with E-state index in [0.29, 0.717) is 12.6 Å². The number of rotatable bonds is 7. The molecule has 2 aromatic rings. The van der Waals surface area contributed by atoms with Crippen molar-refractivity contribution in [2.24, 2.45) is 0 Å². The second-order valence-electron chi connectivity index (χ2n) is 5.07. The second kappa shape index (κ2) is 7.64. The molecule has 0 unspecified atom stereocenters. The van der Waals surface area contributed by atoms with Crippen LogP contribution in [-0.2, 0) is 6.54 Å². The van der Waals surface area contributed by atoms with Gasteiger partial charge in [-0.25, -0.2) is 0 Å². The smallest absolute Gasteiger partial charge is 0.146 e. The Bertz CT molecular complexity index is 553. The van der Waals surface area contributed by atoms with Crippen molar-refractivity contribution in [3.05, 3.63) is 48.3 Å². The van der Waals surface area contributed by atoms with E-state index in [-0.39, 0.29) is 0 Å². The molecule has 4 nitrogen and oxygen atoms in total. The lowest BCUT2D eigenvalue weighted by Gasteiger charge is -2.10. The molecule has 112 valence electrons. The second-order valence-corrected chi connectivity index (χ2v) is 5.07. The van der Waals surface area contributed by atoms with Crippen LogP contribution in [0.5, 0.6) is 17.2 Å². The molecule has 0 aliphatic heterocycles. The molecule has 1 aromatic carbocycles. The summed E-state index contributed by atoms with van der Waals surface area (Å²) in [6.07, 6.45) is 3.57. The molecule has 0 radical (unpaired) electrons. The Morgan fingerprint density at radius 2 is 1.76 bits per heavy atom. The molecule has 2 rings (SSSR count). The van der Waals surface area contributed by atoms with Crippen molar-refractivity contribution < 1.29 is 9.47 Å². The normalized spacial score (nSPS) is 10.7. The van der Waals surface area contributed by atoms with Gasteiger partial charge < -0.3 is 14.8 Å². The van der Waals surface area contributed by atoms with Gasteiger partial charge in [0, 0.05) is 18.8 Å². The van der Waals surface area contributed by atoms with Crippen LogP contribution in [0.25, 0.3) is 0 Å². The predicted molar refractivity (Wildman–Crippen MR) is 83.9 cm³/mol. The Hall–Kier alpha value is -2.07. The van der Waals surface area contributed by atoms with Crippen LogP contribution in [0.4, 0.5) is 0 Å². The Labute approximate surface area is 126 Å². The van der Waals surface area contributed by atoms with E-state index in [0.717, 1.165) is 29.4 Å². The van der Waals surface area contributed by atoms with Crippen molar-refractivity contribution in [1.29, 1.82) is 0 Å². The number of nitrogens with one attached hydrogen (secondary N) is 1. The van der Waals surface area contributed by atoms with E-state index in [2.05, 4.69) is 24.1 Å². The molecule has 1 aromatic heterocycles. The standard InChI is InChI=1S/C17H22N2O2/c1-4-20-15-5-7-16(8-6-15)21-17-9-14(10-18-12-17)11-19-13(2)3/h5-10,12-13,19H,4,11H2,1-3H3. The molecule has 0 aliphatic carbocycles. The maximum atomic E-state index is 5.81. The van der Waals surface area contributed by atoms with Crippen LogP contribution in [0.1, 0.15) is 26.3 Å². The minimum Gasteiger partial charge on any atom is -0.494 e. The van der Waals surface area contributed by atoms with Gasteiger partial charge in [-0.15, -0.1) is 0 Å². The van der Waals surface area contributed by atoms with Crippen LogP contribution in [0.3, 0.4) is 0 Å². The fourth-order valence-electron chi connectivity index (χ4n) is 1.84. The summed E-state index contributed by atoms with van der Waals surface area (Å²) in [6.45, 7) is 7.65. The highest BCUT2D eigenvalue weighted by Gasteiger charge is 2.02. The van der Waals surface area contributed by atoms with Gasteiger partial charge in [-0.2, -0.15) is 0 Å². The quantitative estimate of drug-likeness (QED) is 0.841. The van der Waals surface area contributed by atoms with Crippen LogP contribution in [0, 0.1) is 0 Å². The van der Waals surface area contributed by atoms with E-state index in [1.807, 2.05) is 43.5 Å². The lowest BCUT2D eigenvalue weighted by atomic mass is 10.2. The van der Waals surface area contributed by atoms with Gasteiger partial charge in [0.1, 0.15) is 17.2 Å². The fraction of sp³-hybridized carbons (Fsp3) is 0.353. The summed E-state index contributed by atoms with van der Waals surface area (Å²) in [6, 6.07) is 10.0. The minimum absolute atomic E-state index is 0.445. The zero-order valence-corrected chi connectivity index (χ0v) is 12.8. The third-order valence-electron chi connectivity index (χ3n) is 2.85. The van der Waals surface area contributed by atoms with Gasteiger partial charge >= 0.3 is 0 Å². The van der Waals surface area contributed by atoms with Crippen LogP contribution < -0.4 is 14.8 Å². The summed E-state index contributed by atoms with van der Waals surface area (Å²) in [5, 5.41) is 3.36. The number of benzene rings is 1. The van der Waals surface area contributed by atoms with Crippen molar-refractivity contribution in [2.75, 3.05) is 6.61 Å². The topological polar surface area (TPSA) is 43.4 Å². The summed E-state index contributed by atoms with van der Waals surface area (Å²) in [7, 11) is 0. The maximum absolute atomic E-state index is 5.81. The number of aromatic nitrogens is 1. The van der Waals surface area contributed by atoms with Gasteiger partial charge in [-0.05, 0) is 42.8 Å². The predicted octanol–water partition coefficient (Wildman–Crippen LogP) is 3.77. The summed E-state index contributed by atoms with van der Waals surface area (Å²) >= 11 is 0. The van der Waals surface area contributed by atoms with Crippen molar-refractivity contribution in [2.45, 2.75) is 33.4 Å². The van der Waals surface area contributed by atoms with Gasteiger partial charge in [0.05, 0.1) is 12.8 Å². The Morgan fingerprint density at radius 3 is 2.43 bits per heavy atom. The molecule has 0 saturated carbocycles. The Balaban J connectivity index is 2.00. The molecule has 0 saturated heterocycles. The van der Waals surface area contributed by atoms with E-state index in [4.69, 9.17) is 9.47 Å². The summed E-state index contributed by atoms with van der Waals surface area (Å²) < 4.78 is 11.2. The van der Waals surface area contributed by atoms with E-state index >= 15 is 0 Å². The molecule has 4 heteroatoms. The molecular formula is C17H22N2O2. The summed E-state index contributed by atoms with van der Waals surface area (Å²) in [4.78, 5) is 4.22. The van der Waals surface area contributed by atoms with E-state index in [9.17, 15) is 0 Å². The molecule has 0 spiro atoms. The molecule has 1 N–H and O–H groups in total. The molecule has 0 atom stereocenters. The van der Waals surface area contributed by atoms with E-state index in [1.165, 1.54) is 0 Å². The maximum Gasteiger partial charge on any atom is 0.146 e. The number of ether oxygens (including phenoxy) is 2. The average Bonchev–Trinajstić information content (AvgIpc) is 2.48. The van der Waals surface area contributed by atoms with Gasteiger partial charge in [0.2, 0.25) is 0 Å². The first-order valence-electron chi connectivity index (χ1n) is 7.25. The minimum atomic E-state index is 0.445. The van der Waals surface area contributed by atoms with Crippen molar-refractivity contribution >= 4 is 0 Å². The summed E-state index contributed by atoms with van der Waals surface area (Å²) in [5.74, 6) is 2.36. The van der Waals surface area contributed by atoms with Gasteiger partial charge in [-0.1, -0.05) is 13.8 Å². The monoisotopic (exact) mass is 286 g/mol. The molecule has 21 heavy (non-hydrogen) atoms. The van der Waals surface area contributed by atoms with Crippen LogP contribution >= 0.6 is 0 Å². The first-order chi connectivity index (χ1) is 10.2. The van der Waals surface area contributed by atoms with Gasteiger partial charge in [-0.3, -0.25) is 4.98 Å². The number of pyridine rings is 1. The first kappa shape index (κ1) is 15.3. The summed E-state index contributed by atoms with van der Waals surface area (Å²) in [5.41, 5.74) is 1.10. The fourth-order valence-corrected chi connectivity index (χ4v) is 1.84. The van der Waals surface area contributed by atoms with Gasteiger partial charge in [0.25, 0.3) is 0 Å². The van der Waals surface area contributed by atoms with Crippen LogP contribution in [0.2, 0.25) is 0 Å². The molecule has 1 heterocycles. The molecular weight excluding hydrogens is 264 g/mol. The number of nitrogens with zero attached hydrogens (tertiary/aromatic N) is 1. The molecule has 0 amide bonds. The van der Waals surface area contributed by atoms with E-state index < -0.39 is 0 Å². The average molecular weight is 286 g/mol. The SMILES string of the molecule is CCOc1ccc(Oc2cncc(CNC(C)C)c2)cc1. The van der Waals surface area contributed by atoms with Crippen molar-refractivity contribution in [1.82, 2.24) is 10.3 Å². The number of hydrogen-bond acceptors (Lipinski definition) is 4. The zero-order valence-electron chi connectivity index (χ0n) is 12.8. The first-order valence-corrected chi connectivity index (χ1v) is 7.25. The molecule has 0 bridgehead atoms. The zero-order chi connectivity index (χ0) is 15.1. The highest BCUT2D eigenvalue weighted by Crippen LogP contribution is 2.23. The van der Waals surface area contributed by atoms with Gasteiger partial charge in [0.15, 0.2) is 0 Å². The van der Waals surface area contributed by atoms with Crippen LogP contribution in [0.15, 0.2) is 42.7 Å². The van der Waals surface area contributed by atoms with Crippen molar-refractivity contribution in [3.63, 3.8) is 0 Å². The number of hydrogen-bond donors (Lipinski definition) is 1. The van der Waals surface area contributed by atoms with Crippen LogP contribution in [-0.4, -0.2) is 17.6 Å². The highest BCUT2D eigenvalue weighted by atomic mass is 16.5. The Morgan fingerprint density at radius 1 is 1.05 bits per heavy atom. The molecule has 0 aliphatic rings. The van der Waals surface area contributed by atoms with E-state index in [1.54, 1.807) is 6.20 Å². The lowest BCUT2D eigenvalue weighted by molar-refractivity contribution is 0.339.